The van der Waals surface area contributed by atoms with E-state index in [0.29, 0.717) is 0 Å². The van der Waals surface area contributed by atoms with E-state index in [1.165, 1.54) is 25.7 Å². The van der Waals surface area contributed by atoms with Crippen molar-refractivity contribution in [3.05, 3.63) is 30.1 Å². The number of halogens is 1. The van der Waals surface area contributed by atoms with Gasteiger partial charge in [0.25, 0.3) is 0 Å². The summed E-state index contributed by atoms with van der Waals surface area (Å²) in [6.45, 7) is 0. The fourth-order valence-electron chi connectivity index (χ4n) is 2.89. The minimum absolute atomic E-state index is 0.219. The summed E-state index contributed by atoms with van der Waals surface area (Å²) in [5.41, 5.74) is 0.0878. The van der Waals surface area contributed by atoms with Crippen LogP contribution in [0.1, 0.15) is 44.9 Å². The molecule has 0 spiro atoms. The number of methoxy groups -OCH3 is 1. The van der Waals surface area contributed by atoms with Gasteiger partial charge in [0.15, 0.2) is 0 Å². The van der Waals surface area contributed by atoms with Crippen molar-refractivity contribution in [1.29, 1.82) is 0 Å². The molecule has 1 N–H and O–H groups in total. The second-order valence-corrected chi connectivity index (χ2v) is 5.47. The van der Waals surface area contributed by atoms with Gasteiger partial charge in [-0.05, 0) is 37.1 Å². The van der Waals surface area contributed by atoms with Crippen LogP contribution in [0.3, 0.4) is 0 Å². The Morgan fingerprint density at radius 3 is 2.20 bits per heavy atom. The van der Waals surface area contributed by atoms with E-state index in [2.05, 4.69) is 5.32 Å². The minimum atomic E-state index is -0.674. The molecule has 0 heterocycles. The maximum absolute atomic E-state index is 13.0. The highest BCUT2D eigenvalue weighted by atomic mass is 19.1. The molecule has 1 aromatic rings. The van der Waals surface area contributed by atoms with Crippen LogP contribution in [-0.4, -0.2) is 18.6 Å². The second kappa shape index (κ2) is 6.73. The smallest absolute Gasteiger partial charge is 0.331 e. The van der Waals surface area contributed by atoms with Crippen LogP contribution in [0.2, 0.25) is 0 Å². The van der Waals surface area contributed by atoms with Crippen molar-refractivity contribution in [1.82, 2.24) is 0 Å². The Bertz CT molecular complexity index is 436. The van der Waals surface area contributed by atoms with Gasteiger partial charge in [0.2, 0.25) is 0 Å². The fraction of sp³-hybridized carbons (Fsp3) is 0.562. The van der Waals surface area contributed by atoms with Gasteiger partial charge in [-0.3, -0.25) is 0 Å². The minimum Gasteiger partial charge on any atom is -0.467 e. The average Bonchev–Trinajstić information content (AvgIpc) is 2.43. The maximum atomic E-state index is 13.0. The van der Waals surface area contributed by atoms with Crippen LogP contribution in [-0.2, 0) is 9.53 Å². The first-order chi connectivity index (χ1) is 9.66. The molecule has 0 saturated heterocycles. The van der Waals surface area contributed by atoms with Gasteiger partial charge in [-0.2, -0.15) is 0 Å². The molecule has 0 unspecified atom stereocenters. The number of benzene rings is 1. The number of rotatable bonds is 3. The van der Waals surface area contributed by atoms with Crippen molar-refractivity contribution in [2.75, 3.05) is 12.4 Å². The monoisotopic (exact) mass is 279 g/mol. The normalized spacial score (nSPS) is 18.7. The van der Waals surface area contributed by atoms with Gasteiger partial charge in [0.05, 0.1) is 7.11 Å². The molecular weight excluding hydrogens is 257 g/mol. The van der Waals surface area contributed by atoms with Gasteiger partial charge in [-0.15, -0.1) is 0 Å². The molecular formula is C16H22FNO2. The largest absolute Gasteiger partial charge is 0.467 e. The van der Waals surface area contributed by atoms with E-state index in [0.717, 1.165) is 44.2 Å². The molecule has 1 aliphatic carbocycles. The van der Waals surface area contributed by atoms with Crippen molar-refractivity contribution in [3.8, 4) is 0 Å². The zero-order valence-electron chi connectivity index (χ0n) is 12.0. The highest BCUT2D eigenvalue weighted by Crippen LogP contribution is 2.31. The third-order valence-corrected chi connectivity index (χ3v) is 4.01. The first kappa shape index (κ1) is 14.8. The molecule has 110 valence electrons. The second-order valence-electron chi connectivity index (χ2n) is 5.47. The SMILES string of the molecule is COC(=O)C1(Nc2ccc(F)cc2)CCCCCCC1. The molecule has 1 aromatic carbocycles. The average molecular weight is 279 g/mol. The molecule has 0 aliphatic heterocycles. The first-order valence-corrected chi connectivity index (χ1v) is 7.28. The lowest BCUT2D eigenvalue weighted by molar-refractivity contribution is -0.146. The van der Waals surface area contributed by atoms with Gasteiger partial charge in [0, 0.05) is 5.69 Å². The van der Waals surface area contributed by atoms with E-state index >= 15 is 0 Å². The Hall–Kier alpha value is -1.58. The van der Waals surface area contributed by atoms with Crippen LogP contribution in [0, 0.1) is 5.82 Å². The van der Waals surface area contributed by atoms with E-state index in [4.69, 9.17) is 4.74 Å². The number of anilines is 1. The zero-order valence-corrected chi connectivity index (χ0v) is 12.0. The molecule has 0 amide bonds. The molecule has 1 saturated carbocycles. The van der Waals surface area contributed by atoms with Gasteiger partial charge in [-0.1, -0.05) is 32.1 Å². The Kier molecular flexibility index (Phi) is 4.99. The summed E-state index contributed by atoms with van der Waals surface area (Å²) in [6.07, 6.45) is 7.04. The maximum Gasteiger partial charge on any atom is 0.331 e. The highest BCUT2D eigenvalue weighted by Gasteiger charge is 2.39. The van der Waals surface area contributed by atoms with E-state index < -0.39 is 5.54 Å². The Morgan fingerprint density at radius 2 is 1.65 bits per heavy atom. The molecule has 1 fully saturated rings. The third-order valence-electron chi connectivity index (χ3n) is 4.01. The summed E-state index contributed by atoms with van der Waals surface area (Å²) in [5, 5.41) is 3.30. The van der Waals surface area contributed by atoms with Gasteiger partial charge < -0.3 is 10.1 Å². The topological polar surface area (TPSA) is 38.3 Å². The Balaban J connectivity index is 2.20. The highest BCUT2D eigenvalue weighted by molar-refractivity contribution is 5.84. The fourth-order valence-corrected chi connectivity index (χ4v) is 2.89. The van der Waals surface area contributed by atoms with Crippen LogP contribution >= 0.6 is 0 Å². The molecule has 3 nitrogen and oxygen atoms in total. The number of carbonyl (C=O) groups excluding carboxylic acids is 1. The molecule has 0 bridgehead atoms. The molecule has 4 heteroatoms. The molecule has 0 atom stereocenters. The van der Waals surface area contributed by atoms with E-state index in [9.17, 15) is 9.18 Å². The summed E-state index contributed by atoms with van der Waals surface area (Å²) >= 11 is 0. The summed E-state index contributed by atoms with van der Waals surface area (Å²) in [5.74, 6) is -0.496. The summed E-state index contributed by atoms with van der Waals surface area (Å²) in [4.78, 5) is 12.3. The van der Waals surface area contributed by atoms with Crippen molar-refractivity contribution < 1.29 is 13.9 Å². The van der Waals surface area contributed by atoms with Crippen molar-refractivity contribution in [2.45, 2.75) is 50.5 Å². The molecule has 1 aliphatic rings. The lowest BCUT2D eigenvalue weighted by Crippen LogP contribution is -2.47. The number of carbonyl (C=O) groups is 1. The number of nitrogens with one attached hydrogen (secondary N) is 1. The van der Waals surface area contributed by atoms with Crippen LogP contribution in [0.15, 0.2) is 24.3 Å². The zero-order chi connectivity index (χ0) is 14.4. The van der Waals surface area contributed by atoms with Crippen LogP contribution in [0.25, 0.3) is 0 Å². The quantitative estimate of drug-likeness (QED) is 0.853. The van der Waals surface area contributed by atoms with E-state index in [1.807, 2.05) is 0 Å². The van der Waals surface area contributed by atoms with Gasteiger partial charge in [-0.25, -0.2) is 9.18 Å². The predicted molar refractivity (Wildman–Crippen MR) is 77.1 cm³/mol. The summed E-state index contributed by atoms with van der Waals surface area (Å²) < 4.78 is 18.0. The molecule has 0 aromatic heterocycles. The molecule has 2 rings (SSSR count). The Morgan fingerprint density at radius 1 is 1.10 bits per heavy atom. The van der Waals surface area contributed by atoms with E-state index in [1.54, 1.807) is 12.1 Å². The standard InChI is InChI=1S/C16H22FNO2/c1-20-15(19)16(11-5-3-2-4-6-12-16)18-14-9-7-13(17)8-10-14/h7-10,18H,2-6,11-12H2,1H3. The number of esters is 1. The number of hydrogen-bond donors (Lipinski definition) is 1. The lowest BCUT2D eigenvalue weighted by atomic mass is 9.83. The van der Waals surface area contributed by atoms with Gasteiger partial charge >= 0.3 is 5.97 Å². The lowest BCUT2D eigenvalue weighted by Gasteiger charge is -2.34. The summed E-state index contributed by atoms with van der Waals surface area (Å²) in [7, 11) is 1.43. The van der Waals surface area contributed by atoms with E-state index in [-0.39, 0.29) is 11.8 Å². The van der Waals surface area contributed by atoms with Crippen LogP contribution in [0.5, 0.6) is 0 Å². The Labute approximate surface area is 119 Å². The van der Waals surface area contributed by atoms with Crippen LogP contribution < -0.4 is 5.32 Å². The molecule has 20 heavy (non-hydrogen) atoms. The predicted octanol–water partition coefficient (Wildman–Crippen LogP) is 3.89. The molecule has 0 radical (unpaired) electrons. The van der Waals surface area contributed by atoms with Crippen molar-refractivity contribution in [3.63, 3.8) is 0 Å². The summed E-state index contributed by atoms with van der Waals surface area (Å²) in [6, 6.07) is 6.13. The third kappa shape index (κ3) is 3.50. The van der Waals surface area contributed by atoms with Crippen LogP contribution in [0.4, 0.5) is 10.1 Å². The van der Waals surface area contributed by atoms with Crippen molar-refractivity contribution >= 4 is 11.7 Å². The number of hydrogen-bond acceptors (Lipinski definition) is 3. The van der Waals surface area contributed by atoms with Gasteiger partial charge in [0.1, 0.15) is 11.4 Å². The number of ether oxygens (including phenoxy) is 1. The first-order valence-electron chi connectivity index (χ1n) is 7.28. The van der Waals surface area contributed by atoms with Crippen molar-refractivity contribution in [2.24, 2.45) is 0 Å².